The van der Waals surface area contributed by atoms with Crippen molar-refractivity contribution in [2.24, 2.45) is 0 Å². The molecule has 2 nitrogen and oxygen atoms in total. The van der Waals surface area contributed by atoms with E-state index < -0.39 is 29.7 Å². The summed E-state index contributed by atoms with van der Waals surface area (Å²) in [5.41, 5.74) is -0.641. The second-order valence-corrected chi connectivity index (χ2v) is 3.35. The van der Waals surface area contributed by atoms with Gasteiger partial charge in [-0.1, -0.05) is 18.2 Å². The van der Waals surface area contributed by atoms with Gasteiger partial charge in [0.1, 0.15) is 0 Å². The zero-order valence-corrected chi connectivity index (χ0v) is 8.85. The fourth-order valence-electron chi connectivity index (χ4n) is 1.04. The Morgan fingerprint density at radius 1 is 0.842 bits per heavy atom. The summed E-state index contributed by atoms with van der Waals surface area (Å²) >= 11 is 0. The molecule has 0 aliphatic rings. The number of hydrogen-bond donors (Lipinski definition) is 0. The molecule has 1 aromatic rings. The molecule has 0 unspecified atom stereocenters. The average Bonchev–Trinajstić information content (AvgIpc) is 2.27. The molecule has 0 aliphatic heterocycles. The van der Waals surface area contributed by atoms with E-state index >= 15 is 0 Å². The summed E-state index contributed by atoms with van der Waals surface area (Å²) in [6, 6.07) is 5.45. The van der Waals surface area contributed by atoms with Gasteiger partial charge < -0.3 is 4.74 Å². The number of carbonyl (C=O) groups is 1. The third-order valence-corrected chi connectivity index (χ3v) is 1.97. The standard InChI is InChI=1S/C10H5F7O2/c11-8(9(12,13)14,10(15,16)17)19-7(18)6-4-2-1-3-5-6/h1-5H. The highest BCUT2D eigenvalue weighted by atomic mass is 19.4. The van der Waals surface area contributed by atoms with Crippen molar-refractivity contribution in [1.29, 1.82) is 0 Å². The van der Waals surface area contributed by atoms with Crippen LogP contribution in [0.2, 0.25) is 0 Å². The van der Waals surface area contributed by atoms with Gasteiger partial charge in [-0.15, -0.1) is 0 Å². The van der Waals surface area contributed by atoms with Crippen molar-refractivity contribution in [3.63, 3.8) is 0 Å². The van der Waals surface area contributed by atoms with Crippen LogP contribution >= 0.6 is 0 Å². The van der Waals surface area contributed by atoms with Gasteiger partial charge in [0.25, 0.3) is 0 Å². The highest BCUT2D eigenvalue weighted by Crippen LogP contribution is 2.47. The Hall–Kier alpha value is -1.80. The van der Waals surface area contributed by atoms with Gasteiger partial charge in [0, 0.05) is 0 Å². The van der Waals surface area contributed by atoms with Crippen molar-refractivity contribution < 1.29 is 40.3 Å². The van der Waals surface area contributed by atoms with Crippen LogP contribution in [0.25, 0.3) is 0 Å². The number of rotatable bonds is 2. The smallest absolute Gasteiger partial charge is 0.409 e. The molecule has 0 aromatic heterocycles. The van der Waals surface area contributed by atoms with E-state index in [1.807, 2.05) is 0 Å². The summed E-state index contributed by atoms with van der Waals surface area (Å²) in [7, 11) is 0. The van der Waals surface area contributed by atoms with E-state index in [9.17, 15) is 35.5 Å². The second-order valence-electron chi connectivity index (χ2n) is 3.35. The van der Waals surface area contributed by atoms with E-state index in [4.69, 9.17) is 0 Å². The van der Waals surface area contributed by atoms with Gasteiger partial charge in [0.2, 0.25) is 0 Å². The summed E-state index contributed by atoms with van der Waals surface area (Å²) in [6.45, 7) is 0. The Kier molecular flexibility index (Phi) is 3.78. The summed E-state index contributed by atoms with van der Waals surface area (Å²) in [5.74, 6) is -8.12. The molecule has 0 heterocycles. The Labute approximate surface area is 101 Å². The zero-order chi connectivity index (χ0) is 14.9. The van der Waals surface area contributed by atoms with Crippen LogP contribution in [0.3, 0.4) is 0 Å². The number of ether oxygens (including phenoxy) is 1. The van der Waals surface area contributed by atoms with Crippen LogP contribution in [-0.2, 0) is 4.74 Å². The van der Waals surface area contributed by atoms with Crippen molar-refractivity contribution >= 4 is 5.97 Å². The molecule has 0 fully saturated rings. The maximum atomic E-state index is 13.0. The molecule has 0 amide bonds. The number of benzene rings is 1. The third kappa shape index (κ3) is 2.96. The number of carbonyl (C=O) groups excluding carboxylic acids is 1. The first-order valence-electron chi connectivity index (χ1n) is 4.60. The lowest BCUT2D eigenvalue weighted by Gasteiger charge is -2.28. The van der Waals surface area contributed by atoms with Crippen LogP contribution < -0.4 is 0 Å². The highest BCUT2D eigenvalue weighted by molar-refractivity contribution is 5.89. The fraction of sp³-hybridized carbons (Fsp3) is 0.300. The van der Waals surface area contributed by atoms with Crippen molar-refractivity contribution in [3.05, 3.63) is 35.9 Å². The molecule has 106 valence electrons. The van der Waals surface area contributed by atoms with Crippen LogP contribution in [-0.4, -0.2) is 24.2 Å². The Balaban J connectivity index is 3.08. The first-order chi connectivity index (χ1) is 8.49. The van der Waals surface area contributed by atoms with Gasteiger partial charge in [-0.3, -0.25) is 0 Å². The Morgan fingerprint density at radius 3 is 1.63 bits per heavy atom. The van der Waals surface area contributed by atoms with Crippen molar-refractivity contribution in [2.75, 3.05) is 0 Å². The minimum absolute atomic E-state index is 0.641. The second kappa shape index (κ2) is 4.71. The van der Waals surface area contributed by atoms with Crippen LogP contribution in [0.5, 0.6) is 0 Å². The fourth-order valence-corrected chi connectivity index (χ4v) is 1.04. The summed E-state index contributed by atoms with van der Waals surface area (Å²) in [4.78, 5) is 11.1. The highest BCUT2D eigenvalue weighted by Gasteiger charge is 2.76. The number of halogens is 7. The van der Waals surface area contributed by atoms with E-state index in [0.717, 1.165) is 24.3 Å². The van der Waals surface area contributed by atoms with Gasteiger partial charge in [0.05, 0.1) is 5.56 Å². The molecule has 0 bridgehead atoms. The van der Waals surface area contributed by atoms with E-state index in [1.165, 1.54) is 6.07 Å². The predicted octanol–water partition coefficient (Wildman–Crippen LogP) is 3.63. The van der Waals surface area contributed by atoms with Crippen LogP contribution in [0.1, 0.15) is 10.4 Å². The molecule has 0 saturated heterocycles. The molecular weight excluding hydrogens is 285 g/mol. The van der Waals surface area contributed by atoms with Crippen LogP contribution in [0, 0.1) is 0 Å². The molecule has 0 N–H and O–H groups in total. The lowest BCUT2D eigenvalue weighted by molar-refractivity contribution is -0.413. The maximum Gasteiger partial charge on any atom is 0.470 e. The zero-order valence-electron chi connectivity index (χ0n) is 8.85. The molecule has 1 rings (SSSR count). The van der Waals surface area contributed by atoms with Gasteiger partial charge in [-0.25, -0.2) is 4.79 Å². The summed E-state index contributed by atoms with van der Waals surface area (Å²) < 4.78 is 88.7. The average molecular weight is 290 g/mol. The van der Waals surface area contributed by atoms with E-state index in [0.29, 0.717) is 0 Å². The molecule has 0 atom stereocenters. The Bertz CT molecular complexity index is 435. The van der Waals surface area contributed by atoms with Crippen molar-refractivity contribution in [3.8, 4) is 0 Å². The first-order valence-corrected chi connectivity index (χ1v) is 4.60. The molecule has 0 saturated carbocycles. The number of alkyl halides is 7. The lowest BCUT2D eigenvalue weighted by atomic mass is 10.2. The molecule has 0 spiro atoms. The quantitative estimate of drug-likeness (QED) is 0.614. The predicted molar refractivity (Wildman–Crippen MR) is 47.8 cm³/mol. The third-order valence-electron chi connectivity index (χ3n) is 1.97. The first kappa shape index (κ1) is 15.3. The summed E-state index contributed by atoms with van der Waals surface area (Å²) in [6.07, 6.45) is -12.9. The number of hydrogen-bond acceptors (Lipinski definition) is 2. The lowest BCUT2D eigenvalue weighted by Crippen LogP contribution is -2.56. The van der Waals surface area contributed by atoms with Crippen molar-refractivity contribution in [1.82, 2.24) is 0 Å². The molecule has 19 heavy (non-hydrogen) atoms. The van der Waals surface area contributed by atoms with Crippen LogP contribution in [0.15, 0.2) is 30.3 Å². The largest absolute Gasteiger partial charge is 0.470 e. The van der Waals surface area contributed by atoms with E-state index in [1.54, 1.807) is 0 Å². The van der Waals surface area contributed by atoms with Crippen molar-refractivity contribution in [2.45, 2.75) is 18.2 Å². The molecule has 9 heteroatoms. The Morgan fingerprint density at radius 2 is 1.26 bits per heavy atom. The number of esters is 1. The van der Waals surface area contributed by atoms with Gasteiger partial charge in [-0.2, -0.15) is 30.7 Å². The maximum absolute atomic E-state index is 13.0. The van der Waals surface area contributed by atoms with E-state index in [-0.39, 0.29) is 0 Å². The van der Waals surface area contributed by atoms with Gasteiger partial charge >= 0.3 is 24.2 Å². The molecule has 1 aromatic carbocycles. The monoisotopic (exact) mass is 290 g/mol. The molecule has 0 radical (unpaired) electrons. The summed E-state index contributed by atoms with van der Waals surface area (Å²) in [5, 5.41) is 0. The minimum Gasteiger partial charge on any atom is -0.409 e. The van der Waals surface area contributed by atoms with Gasteiger partial charge in [-0.05, 0) is 12.1 Å². The normalized spacial score (nSPS) is 13.2. The van der Waals surface area contributed by atoms with Gasteiger partial charge in [0.15, 0.2) is 0 Å². The SMILES string of the molecule is O=C(OC(F)(C(F)(F)F)C(F)(F)F)c1ccccc1. The molecular formula is C10H5F7O2. The minimum atomic E-state index is -6.43. The van der Waals surface area contributed by atoms with E-state index in [2.05, 4.69) is 4.74 Å². The topological polar surface area (TPSA) is 26.3 Å². The molecule has 0 aliphatic carbocycles. The van der Waals surface area contributed by atoms with Crippen LogP contribution in [0.4, 0.5) is 30.7 Å².